The Labute approximate surface area is 333 Å². The van der Waals surface area contributed by atoms with E-state index in [2.05, 4.69) is 19.1 Å². The maximum atomic E-state index is 12.8. The normalized spacial score (nSPS) is 28.7. The molecule has 15 nitrogen and oxygen atoms in total. The number of aliphatic hydroxyl groups excluding tert-OH is 7. The molecule has 2 aliphatic heterocycles. The van der Waals surface area contributed by atoms with Gasteiger partial charge in [-0.05, 0) is 38.5 Å². The third kappa shape index (κ3) is 19.8. The summed E-state index contributed by atoms with van der Waals surface area (Å²) in [6.45, 7) is 2.36. The van der Waals surface area contributed by atoms with Gasteiger partial charge in [-0.3, -0.25) is 9.59 Å². The van der Waals surface area contributed by atoms with E-state index in [0.717, 1.165) is 44.9 Å². The number of hydrogen-bond donors (Lipinski definition) is 7. The third-order valence-electron chi connectivity index (χ3n) is 10.2. The van der Waals surface area contributed by atoms with Crippen LogP contribution in [0.25, 0.3) is 0 Å². The molecule has 2 aliphatic rings. The maximum absolute atomic E-state index is 12.8. The number of aliphatic hydroxyl groups is 7. The predicted molar refractivity (Wildman–Crippen MR) is 206 cm³/mol. The average molecular weight is 807 g/mol. The predicted octanol–water partition coefficient (Wildman–Crippen LogP) is 3.48. The Hall–Kier alpha value is -1.76. The van der Waals surface area contributed by atoms with Gasteiger partial charge in [-0.1, -0.05) is 103 Å². The van der Waals surface area contributed by atoms with Gasteiger partial charge in [0, 0.05) is 12.8 Å². The number of unbranched alkanes of at least 4 members (excludes halogenated alkanes) is 15. The lowest BCUT2D eigenvalue weighted by Crippen LogP contribution is -2.61. The van der Waals surface area contributed by atoms with Crippen LogP contribution in [0.3, 0.4) is 0 Å². The van der Waals surface area contributed by atoms with E-state index in [1.54, 1.807) is 0 Å². The van der Waals surface area contributed by atoms with Gasteiger partial charge in [-0.15, -0.1) is 0 Å². The van der Waals surface area contributed by atoms with Crippen molar-refractivity contribution in [3.63, 3.8) is 0 Å². The second-order valence-electron chi connectivity index (χ2n) is 15.2. The number of ether oxygens (including phenoxy) is 6. The van der Waals surface area contributed by atoms with Crippen LogP contribution in [0.15, 0.2) is 12.2 Å². The van der Waals surface area contributed by atoms with Gasteiger partial charge in [0.25, 0.3) is 0 Å². The molecule has 0 aromatic carbocycles. The molecule has 0 spiro atoms. The molecule has 0 radical (unpaired) electrons. The first-order chi connectivity index (χ1) is 27.0. The number of rotatable bonds is 31. The molecule has 0 saturated carbocycles. The largest absolute Gasteiger partial charge is 0.462 e. The minimum absolute atomic E-state index is 0.162. The van der Waals surface area contributed by atoms with Crippen LogP contribution < -0.4 is 0 Å². The Balaban J connectivity index is 1.78. The van der Waals surface area contributed by atoms with Crippen LogP contribution in [-0.2, 0) is 38.0 Å². The highest BCUT2D eigenvalue weighted by molar-refractivity contribution is 5.70. The quantitative estimate of drug-likeness (QED) is 0.0302. The van der Waals surface area contributed by atoms with Gasteiger partial charge in [0.1, 0.15) is 55.4 Å². The number of carbonyl (C=O) groups excluding carboxylic acids is 2. The fourth-order valence-electron chi connectivity index (χ4n) is 6.62. The third-order valence-corrected chi connectivity index (χ3v) is 10.2. The highest BCUT2D eigenvalue weighted by Crippen LogP contribution is 2.26. The molecule has 2 heterocycles. The molecule has 0 aliphatic carbocycles. The zero-order valence-electron chi connectivity index (χ0n) is 33.9. The van der Waals surface area contributed by atoms with Gasteiger partial charge in [0.15, 0.2) is 18.7 Å². The van der Waals surface area contributed by atoms with E-state index in [4.69, 9.17) is 28.4 Å². The van der Waals surface area contributed by atoms with Crippen molar-refractivity contribution in [2.75, 3.05) is 26.4 Å². The fourth-order valence-corrected chi connectivity index (χ4v) is 6.62. The van der Waals surface area contributed by atoms with Crippen LogP contribution in [0.5, 0.6) is 0 Å². The Morgan fingerprint density at radius 2 is 1.02 bits per heavy atom. The highest BCUT2D eigenvalue weighted by Gasteiger charge is 2.47. The summed E-state index contributed by atoms with van der Waals surface area (Å²) in [6.07, 6.45) is 7.94. The first-order valence-corrected chi connectivity index (χ1v) is 21.3. The Morgan fingerprint density at radius 1 is 0.554 bits per heavy atom. The summed E-state index contributed by atoms with van der Waals surface area (Å²) in [7, 11) is 0. The first-order valence-electron chi connectivity index (χ1n) is 21.3. The molecule has 15 heteroatoms. The van der Waals surface area contributed by atoms with Crippen molar-refractivity contribution in [1.82, 2.24) is 0 Å². The minimum Gasteiger partial charge on any atom is -0.462 e. The van der Waals surface area contributed by atoms with Gasteiger partial charge in [-0.2, -0.15) is 0 Å². The first kappa shape index (κ1) is 50.4. The molecule has 0 amide bonds. The topological polar surface area (TPSA) is 231 Å². The molecule has 56 heavy (non-hydrogen) atoms. The summed E-state index contributed by atoms with van der Waals surface area (Å²) in [4.78, 5) is 25.1. The second-order valence-corrected chi connectivity index (χ2v) is 15.2. The molecule has 2 fully saturated rings. The summed E-state index contributed by atoms with van der Waals surface area (Å²) in [5.41, 5.74) is 0. The van der Waals surface area contributed by atoms with Crippen molar-refractivity contribution in [2.24, 2.45) is 0 Å². The summed E-state index contributed by atoms with van der Waals surface area (Å²) in [5, 5.41) is 71.4. The Morgan fingerprint density at radius 3 is 1.61 bits per heavy atom. The van der Waals surface area contributed by atoms with Crippen molar-refractivity contribution in [2.45, 2.75) is 210 Å². The molecule has 11 unspecified atom stereocenters. The summed E-state index contributed by atoms with van der Waals surface area (Å²) >= 11 is 0. The van der Waals surface area contributed by atoms with E-state index in [9.17, 15) is 45.3 Å². The van der Waals surface area contributed by atoms with Gasteiger partial charge in [0.2, 0.25) is 0 Å². The SMILES string of the molecule is CCCCCCCC/C=C\CCCCCCCCCC(=O)OC(COC(=O)CCCCC)COC1OC(COC2OC(CO)C(O)C(O)C2O)C(O)C(O)C1O. The molecule has 7 N–H and O–H groups in total. The van der Waals surface area contributed by atoms with Crippen LogP contribution in [-0.4, -0.2) is 142 Å². The summed E-state index contributed by atoms with van der Waals surface area (Å²) < 4.78 is 33.1. The van der Waals surface area contributed by atoms with Crippen LogP contribution in [0.1, 0.15) is 142 Å². The molecule has 0 bridgehead atoms. The lowest BCUT2D eigenvalue weighted by atomic mass is 9.98. The van der Waals surface area contributed by atoms with E-state index in [0.29, 0.717) is 12.8 Å². The molecule has 328 valence electrons. The molecule has 11 atom stereocenters. The fraction of sp³-hybridized carbons (Fsp3) is 0.902. The smallest absolute Gasteiger partial charge is 0.306 e. The average Bonchev–Trinajstić information content (AvgIpc) is 3.19. The maximum Gasteiger partial charge on any atom is 0.306 e. The number of esters is 2. The van der Waals surface area contributed by atoms with Gasteiger partial charge in [-0.25, -0.2) is 0 Å². The minimum atomic E-state index is -1.76. The van der Waals surface area contributed by atoms with E-state index in [1.807, 2.05) is 6.92 Å². The van der Waals surface area contributed by atoms with E-state index in [1.165, 1.54) is 57.8 Å². The Bertz CT molecular complexity index is 1040. The molecule has 2 rings (SSSR count). The molecule has 0 aromatic rings. The zero-order chi connectivity index (χ0) is 41.1. The zero-order valence-corrected chi connectivity index (χ0v) is 33.9. The lowest BCUT2D eigenvalue weighted by Gasteiger charge is -2.42. The van der Waals surface area contributed by atoms with Crippen molar-refractivity contribution in [3.8, 4) is 0 Å². The van der Waals surface area contributed by atoms with Gasteiger partial charge in [0.05, 0.1) is 19.8 Å². The monoisotopic (exact) mass is 807 g/mol. The van der Waals surface area contributed by atoms with Crippen molar-refractivity contribution in [3.05, 3.63) is 12.2 Å². The Kier molecular flexibility index (Phi) is 27.3. The van der Waals surface area contributed by atoms with Crippen LogP contribution in [0, 0.1) is 0 Å². The summed E-state index contributed by atoms with van der Waals surface area (Å²) in [6, 6.07) is 0. The van der Waals surface area contributed by atoms with Crippen LogP contribution in [0.2, 0.25) is 0 Å². The summed E-state index contributed by atoms with van der Waals surface area (Å²) in [5.74, 6) is -0.957. The molecular weight excluding hydrogens is 732 g/mol. The highest BCUT2D eigenvalue weighted by atomic mass is 16.7. The van der Waals surface area contributed by atoms with Gasteiger partial charge >= 0.3 is 11.9 Å². The standard InChI is InChI=1S/C41H74O15/c1-3-5-7-8-9-10-11-12-13-14-15-16-17-18-19-20-22-24-33(44)54-29(26-51-32(43)23-21-6-4-2)27-52-40-39(50)37(48)35(46)31(56-40)28-53-41-38(49)36(47)34(45)30(25-42)55-41/h12-13,29-31,34-42,45-50H,3-11,14-28H2,1-2H3/b13-12-. The molecular formula is C41H74O15. The van der Waals surface area contributed by atoms with E-state index in [-0.39, 0.29) is 26.1 Å². The van der Waals surface area contributed by atoms with Crippen LogP contribution >= 0.6 is 0 Å². The second kappa shape index (κ2) is 30.3. The lowest BCUT2D eigenvalue weighted by molar-refractivity contribution is -0.332. The number of carbonyl (C=O) groups is 2. The molecule has 0 aromatic heterocycles. The van der Waals surface area contributed by atoms with Crippen molar-refractivity contribution in [1.29, 1.82) is 0 Å². The van der Waals surface area contributed by atoms with E-state index < -0.39 is 92.7 Å². The number of allylic oxidation sites excluding steroid dienone is 2. The van der Waals surface area contributed by atoms with Crippen molar-refractivity contribution >= 4 is 11.9 Å². The van der Waals surface area contributed by atoms with Gasteiger partial charge < -0.3 is 64.2 Å². The van der Waals surface area contributed by atoms with E-state index >= 15 is 0 Å². The van der Waals surface area contributed by atoms with Crippen LogP contribution in [0.4, 0.5) is 0 Å². The number of hydrogen-bond acceptors (Lipinski definition) is 15. The van der Waals surface area contributed by atoms with Crippen molar-refractivity contribution < 1.29 is 73.8 Å². The molecule has 2 saturated heterocycles.